The fraction of sp³-hybridized carbons (Fsp3) is 0.111. The van der Waals surface area contributed by atoms with Crippen molar-refractivity contribution < 1.29 is 14.2 Å². The van der Waals surface area contributed by atoms with Crippen molar-refractivity contribution in [2.45, 2.75) is 0 Å². The summed E-state index contributed by atoms with van der Waals surface area (Å²) in [5, 5.41) is 9.81. The zero-order valence-corrected chi connectivity index (χ0v) is 18.6. The van der Waals surface area contributed by atoms with Crippen LogP contribution in [0.5, 0.6) is 17.2 Å². The van der Waals surface area contributed by atoms with Gasteiger partial charge in [0.25, 0.3) is 0 Å². The summed E-state index contributed by atoms with van der Waals surface area (Å²) >= 11 is 0. The maximum Gasteiger partial charge on any atom is 0.164 e. The molecule has 6 nitrogen and oxygen atoms in total. The maximum absolute atomic E-state index is 9.81. The highest BCUT2D eigenvalue weighted by Crippen LogP contribution is 2.42. The number of anilines is 1. The van der Waals surface area contributed by atoms with Gasteiger partial charge in [-0.25, -0.2) is 4.98 Å². The topological polar surface area (TPSA) is 90.4 Å². The fourth-order valence-electron chi connectivity index (χ4n) is 3.75. The van der Waals surface area contributed by atoms with Gasteiger partial charge in [0.15, 0.2) is 11.5 Å². The number of nitrogens with two attached hydrogens (primary N) is 1. The van der Waals surface area contributed by atoms with E-state index in [4.69, 9.17) is 19.9 Å². The predicted molar refractivity (Wildman–Crippen MR) is 129 cm³/mol. The Morgan fingerprint density at radius 3 is 1.88 bits per heavy atom. The molecule has 0 radical (unpaired) electrons. The number of hydrogen-bond acceptors (Lipinski definition) is 6. The molecule has 0 spiro atoms. The molecule has 0 aliphatic rings. The Morgan fingerprint density at radius 2 is 1.27 bits per heavy atom. The number of benzene rings is 3. The van der Waals surface area contributed by atoms with Crippen molar-refractivity contribution in [2.24, 2.45) is 0 Å². The van der Waals surface area contributed by atoms with E-state index < -0.39 is 0 Å². The lowest BCUT2D eigenvalue weighted by Gasteiger charge is -2.16. The van der Waals surface area contributed by atoms with Crippen molar-refractivity contribution in [3.05, 3.63) is 78.4 Å². The van der Waals surface area contributed by atoms with Gasteiger partial charge in [-0.15, -0.1) is 0 Å². The molecular formula is C27H23N3O3. The highest BCUT2D eigenvalue weighted by Gasteiger charge is 2.20. The Hall–Kier alpha value is -4.50. The van der Waals surface area contributed by atoms with Gasteiger partial charge < -0.3 is 19.9 Å². The van der Waals surface area contributed by atoms with E-state index >= 15 is 0 Å². The molecule has 4 rings (SSSR count). The standard InChI is InChI=1S/C27H23N3O3/c1-31-24-15-26(33-3)25(32-2)14-21(24)20-13-23(30-27(29)22(20)16-28)19-11-9-18(10-12-19)17-7-5-4-6-8-17/h4-15H,1-3H3,(H2,29,30). The molecule has 0 unspecified atom stereocenters. The third-order valence-corrected chi connectivity index (χ3v) is 5.44. The minimum absolute atomic E-state index is 0.147. The molecule has 0 aliphatic carbocycles. The zero-order valence-electron chi connectivity index (χ0n) is 18.6. The van der Waals surface area contributed by atoms with Crippen molar-refractivity contribution >= 4 is 5.82 Å². The molecule has 0 fully saturated rings. The number of rotatable bonds is 6. The van der Waals surface area contributed by atoms with Gasteiger partial charge in [0.05, 0.1) is 27.0 Å². The van der Waals surface area contributed by atoms with E-state index in [0.29, 0.717) is 34.1 Å². The van der Waals surface area contributed by atoms with Crippen LogP contribution in [0.1, 0.15) is 5.56 Å². The van der Waals surface area contributed by atoms with Crippen LogP contribution < -0.4 is 19.9 Å². The summed E-state index contributed by atoms with van der Waals surface area (Å²) in [4.78, 5) is 4.49. The van der Waals surface area contributed by atoms with Crippen molar-refractivity contribution in [3.8, 4) is 56.8 Å². The van der Waals surface area contributed by atoms with E-state index in [1.165, 1.54) is 0 Å². The van der Waals surface area contributed by atoms with Gasteiger partial charge in [0.1, 0.15) is 23.2 Å². The molecule has 4 aromatic rings. The number of ether oxygens (including phenoxy) is 3. The normalized spacial score (nSPS) is 10.4. The lowest BCUT2D eigenvalue weighted by molar-refractivity contribution is 0.349. The minimum atomic E-state index is 0.147. The van der Waals surface area contributed by atoms with Crippen LogP contribution in [0.4, 0.5) is 5.82 Å². The van der Waals surface area contributed by atoms with E-state index in [1.54, 1.807) is 33.5 Å². The summed E-state index contributed by atoms with van der Waals surface area (Å²) in [7, 11) is 4.67. The monoisotopic (exact) mass is 437 g/mol. The van der Waals surface area contributed by atoms with Crippen LogP contribution in [-0.2, 0) is 0 Å². The summed E-state index contributed by atoms with van der Waals surface area (Å²) in [5.74, 6) is 1.71. The molecule has 33 heavy (non-hydrogen) atoms. The van der Waals surface area contributed by atoms with Crippen molar-refractivity contribution in [1.82, 2.24) is 4.98 Å². The van der Waals surface area contributed by atoms with Crippen LogP contribution in [0, 0.1) is 11.3 Å². The summed E-state index contributed by atoms with van der Waals surface area (Å²) in [6.45, 7) is 0. The Morgan fingerprint density at radius 1 is 0.697 bits per heavy atom. The Labute approximate surface area is 192 Å². The summed E-state index contributed by atoms with van der Waals surface area (Å²) < 4.78 is 16.4. The number of methoxy groups -OCH3 is 3. The highest BCUT2D eigenvalue weighted by molar-refractivity contribution is 5.84. The average molecular weight is 437 g/mol. The van der Waals surface area contributed by atoms with E-state index in [2.05, 4.69) is 23.2 Å². The number of nitriles is 1. The third kappa shape index (κ3) is 4.17. The Balaban J connectivity index is 1.85. The first-order chi connectivity index (χ1) is 16.1. The van der Waals surface area contributed by atoms with Crippen LogP contribution in [0.25, 0.3) is 33.5 Å². The van der Waals surface area contributed by atoms with Gasteiger partial charge in [-0.1, -0.05) is 54.6 Å². The van der Waals surface area contributed by atoms with Crippen molar-refractivity contribution in [1.29, 1.82) is 5.26 Å². The van der Waals surface area contributed by atoms with Gasteiger partial charge in [-0.2, -0.15) is 5.26 Å². The van der Waals surface area contributed by atoms with Crippen LogP contribution >= 0.6 is 0 Å². The SMILES string of the molecule is COc1cc(OC)c(-c2cc(-c3ccc(-c4ccccc4)cc3)nc(N)c2C#N)cc1OC. The summed E-state index contributed by atoms with van der Waals surface area (Å²) in [6.07, 6.45) is 0. The summed E-state index contributed by atoms with van der Waals surface area (Å²) in [5.41, 5.74) is 11.5. The second kappa shape index (κ2) is 9.33. The number of aromatic nitrogens is 1. The predicted octanol–water partition coefficient (Wildman–Crippen LogP) is 5.56. The zero-order chi connectivity index (χ0) is 23.4. The van der Waals surface area contributed by atoms with E-state index in [0.717, 1.165) is 16.7 Å². The first kappa shape index (κ1) is 21.7. The van der Waals surface area contributed by atoms with Crippen molar-refractivity contribution in [2.75, 3.05) is 27.1 Å². The largest absolute Gasteiger partial charge is 0.496 e. The first-order valence-corrected chi connectivity index (χ1v) is 10.3. The lowest BCUT2D eigenvalue weighted by atomic mass is 9.96. The van der Waals surface area contributed by atoms with Gasteiger partial charge in [0, 0.05) is 22.8 Å². The highest BCUT2D eigenvalue weighted by atomic mass is 16.5. The average Bonchev–Trinajstić information content (AvgIpc) is 2.88. The van der Waals surface area contributed by atoms with Gasteiger partial charge in [0.2, 0.25) is 0 Å². The molecule has 0 aliphatic heterocycles. The molecule has 0 amide bonds. The van der Waals surface area contributed by atoms with Gasteiger partial charge in [-0.3, -0.25) is 0 Å². The molecule has 0 saturated carbocycles. The number of hydrogen-bond donors (Lipinski definition) is 1. The molecule has 3 aromatic carbocycles. The van der Waals surface area contributed by atoms with Gasteiger partial charge >= 0.3 is 0 Å². The second-order valence-corrected chi connectivity index (χ2v) is 7.28. The van der Waals surface area contributed by atoms with E-state index in [9.17, 15) is 5.26 Å². The third-order valence-electron chi connectivity index (χ3n) is 5.44. The minimum Gasteiger partial charge on any atom is -0.496 e. The fourth-order valence-corrected chi connectivity index (χ4v) is 3.75. The van der Waals surface area contributed by atoms with E-state index in [-0.39, 0.29) is 11.4 Å². The molecule has 0 saturated heterocycles. The van der Waals surface area contributed by atoms with Crippen molar-refractivity contribution in [3.63, 3.8) is 0 Å². The van der Waals surface area contributed by atoms with Crippen LogP contribution in [0.15, 0.2) is 72.8 Å². The Bertz CT molecular complexity index is 1330. The molecule has 1 heterocycles. The molecular weight excluding hydrogens is 414 g/mol. The second-order valence-electron chi connectivity index (χ2n) is 7.28. The maximum atomic E-state index is 9.81. The smallest absolute Gasteiger partial charge is 0.164 e. The quantitative estimate of drug-likeness (QED) is 0.425. The molecule has 0 atom stereocenters. The molecule has 1 aromatic heterocycles. The van der Waals surface area contributed by atoms with Crippen LogP contribution in [0.2, 0.25) is 0 Å². The molecule has 164 valence electrons. The van der Waals surface area contributed by atoms with Crippen LogP contribution in [0.3, 0.4) is 0 Å². The number of pyridine rings is 1. The number of nitrogens with zero attached hydrogens (tertiary/aromatic N) is 2. The van der Waals surface area contributed by atoms with Crippen LogP contribution in [-0.4, -0.2) is 26.3 Å². The molecule has 6 heteroatoms. The first-order valence-electron chi connectivity index (χ1n) is 10.3. The number of nitrogen functional groups attached to an aromatic ring is 1. The summed E-state index contributed by atoms with van der Waals surface area (Å²) in [6, 6.07) is 25.7. The Kier molecular flexibility index (Phi) is 6.14. The lowest BCUT2D eigenvalue weighted by Crippen LogP contribution is -2.01. The van der Waals surface area contributed by atoms with E-state index in [1.807, 2.05) is 48.5 Å². The molecule has 2 N–H and O–H groups in total. The molecule has 0 bridgehead atoms. The van der Waals surface area contributed by atoms with Gasteiger partial charge in [-0.05, 0) is 23.3 Å².